The summed E-state index contributed by atoms with van der Waals surface area (Å²) in [5, 5.41) is 3.84. The summed E-state index contributed by atoms with van der Waals surface area (Å²) in [4.78, 5) is 23.9. The van der Waals surface area contributed by atoms with Gasteiger partial charge in [0.25, 0.3) is 5.91 Å². The lowest BCUT2D eigenvalue weighted by Crippen LogP contribution is -2.31. The van der Waals surface area contributed by atoms with Crippen LogP contribution in [0, 0.1) is 6.92 Å². The Kier molecular flexibility index (Phi) is 5.38. The van der Waals surface area contributed by atoms with Crippen molar-refractivity contribution in [3.8, 4) is 5.75 Å². The molecule has 4 rings (SSSR count). The highest BCUT2D eigenvalue weighted by Gasteiger charge is 2.14. The molecule has 0 bridgehead atoms. The molecule has 0 spiro atoms. The Morgan fingerprint density at radius 1 is 1.10 bits per heavy atom. The standard InChI is InChI=1S/C24H25NO4/c1-15-11-24(27)29-22-13-20(9-10-21(15)22)28-14-23(26)25-16(2)18-8-7-17-5-3-4-6-19(17)12-18/h7-13,16H,3-6,14H2,1-2H3,(H,25,26). The highest BCUT2D eigenvalue weighted by molar-refractivity contribution is 5.82. The summed E-state index contributed by atoms with van der Waals surface area (Å²) in [5.74, 6) is 0.295. The molecule has 0 saturated heterocycles. The molecular weight excluding hydrogens is 366 g/mol. The number of carbonyl (C=O) groups excluding carboxylic acids is 1. The molecule has 0 aliphatic heterocycles. The summed E-state index contributed by atoms with van der Waals surface area (Å²) in [7, 11) is 0. The summed E-state index contributed by atoms with van der Waals surface area (Å²) >= 11 is 0. The molecule has 3 aromatic rings. The number of hydrogen-bond acceptors (Lipinski definition) is 4. The Morgan fingerprint density at radius 3 is 2.72 bits per heavy atom. The first kappa shape index (κ1) is 19.2. The number of amides is 1. The molecule has 0 radical (unpaired) electrons. The molecule has 0 saturated carbocycles. The number of benzene rings is 2. The van der Waals surface area contributed by atoms with Gasteiger partial charge in [-0.25, -0.2) is 4.79 Å². The van der Waals surface area contributed by atoms with Crippen molar-refractivity contribution in [2.45, 2.75) is 45.6 Å². The van der Waals surface area contributed by atoms with Crippen molar-refractivity contribution in [3.63, 3.8) is 0 Å². The van der Waals surface area contributed by atoms with Gasteiger partial charge >= 0.3 is 5.63 Å². The fourth-order valence-electron chi connectivity index (χ4n) is 3.93. The third-order valence-electron chi connectivity index (χ3n) is 5.54. The van der Waals surface area contributed by atoms with E-state index in [2.05, 4.69) is 23.5 Å². The van der Waals surface area contributed by atoms with E-state index in [-0.39, 0.29) is 18.6 Å². The van der Waals surface area contributed by atoms with E-state index < -0.39 is 5.63 Å². The van der Waals surface area contributed by atoms with Crippen LogP contribution in [-0.2, 0) is 17.6 Å². The third-order valence-corrected chi connectivity index (χ3v) is 5.54. The number of carbonyl (C=O) groups is 1. The van der Waals surface area contributed by atoms with Gasteiger partial charge in [0, 0.05) is 17.5 Å². The zero-order chi connectivity index (χ0) is 20.4. The fraction of sp³-hybridized carbons (Fsp3) is 0.333. The second-order valence-corrected chi connectivity index (χ2v) is 7.72. The molecule has 1 amide bonds. The van der Waals surface area contributed by atoms with E-state index in [0.29, 0.717) is 11.3 Å². The van der Waals surface area contributed by atoms with Gasteiger partial charge in [-0.1, -0.05) is 18.2 Å². The van der Waals surface area contributed by atoms with Gasteiger partial charge in [0.2, 0.25) is 0 Å². The molecule has 1 N–H and O–H groups in total. The van der Waals surface area contributed by atoms with Crippen molar-refractivity contribution in [1.29, 1.82) is 0 Å². The number of nitrogens with one attached hydrogen (secondary N) is 1. The zero-order valence-corrected chi connectivity index (χ0v) is 16.8. The molecule has 1 aromatic heterocycles. The second kappa shape index (κ2) is 8.11. The highest BCUT2D eigenvalue weighted by atomic mass is 16.5. The van der Waals surface area contributed by atoms with Crippen LogP contribution in [0.3, 0.4) is 0 Å². The van der Waals surface area contributed by atoms with Crippen LogP contribution in [0.25, 0.3) is 11.0 Å². The van der Waals surface area contributed by atoms with Crippen LogP contribution in [0.2, 0.25) is 0 Å². The maximum atomic E-state index is 12.4. The molecule has 5 nitrogen and oxygen atoms in total. The first-order valence-corrected chi connectivity index (χ1v) is 10.1. The van der Waals surface area contributed by atoms with Crippen molar-refractivity contribution in [3.05, 3.63) is 75.1 Å². The van der Waals surface area contributed by atoms with Gasteiger partial charge < -0.3 is 14.5 Å². The minimum atomic E-state index is -0.399. The minimum Gasteiger partial charge on any atom is -0.484 e. The van der Waals surface area contributed by atoms with E-state index in [1.807, 2.05) is 19.9 Å². The van der Waals surface area contributed by atoms with Gasteiger partial charge in [0.05, 0.1) is 6.04 Å². The minimum absolute atomic E-state index is 0.0874. The van der Waals surface area contributed by atoms with Crippen molar-refractivity contribution in [2.24, 2.45) is 0 Å². The molecule has 150 valence electrons. The summed E-state index contributed by atoms with van der Waals surface area (Å²) in [6, 6.07) is 13.1. The molecule has 1 aliphatic carbocycles. The summed E-state index contributed by atoms with van der Waals surface area (Å²) in [6.07, 6.45) is 4.75. The van der Waals surface area contributed by atoms with Crippen LogP contribution in [-0.4, -0.2) is 12.5 Å². The zero-order valence-electron chi connectivity index (χ0n) is 16.8. The average Bonchev–Trinajstić information content (AvgIpc) is 2.71. The van der Waals surface area contributed by atoms with Crippen molar-refractivity contribution < 1.29 is 13.9 Å². The fourth-order valence-corrected chi connectivity index (χ4v) is 3.93. The Hall–Kier alpha value is -3.08. The van der Waals surface area contributed by atoms with Crippen molar-refractivity contribution >= 4 is 16.9 Å². The van der Waals surface area contributed by atoms with E-state index >= 15 is 0 Å². The number of hydrogen-bond donors (Lipinski definition) is 1. The molecule has 5 heteroatoms. The van der Waals surface area contributed by atoms with Crippen LogP contribution in [0.15, 0.2) is 51.7 Å². The van der Waals surface area contributed by atoms with Crippen LogP contribution in [0.5, 0.6) is 5.75 Å². The Labute approximate surface area is 169 Å². The topological polar surface area (TPSA) is 68.5 Å². The molecule has 2 aromatic carbocycles. The molecular formula is C24H25NO4. The predicted molar refractivity (Wildman–Crippen MR) is 112 cm³/mol. The SMILES string of the molecule is Cc1cc(=O)oc2cc(OCC(=O)NC(C)c3ccc4c(c3)CCCC4)ccc12. The number of ether oxygens (including phenoxy) is 1. The smallest absolute Gasteiger partial charge is 0.336 e. The van der Waals surface area contributed by atoms with Crippen molar-refractivity contribution in [2.75, 3.05) is 6.61 Å². The van der Waals surface area contributed by atoms with E-state index in [4.69, 9.17) is 9.15 Å². The largest absolute Gasteiger partial charge is 0.484 e. The van der Waals surface area contributed by atoms with Crippen LogP contribution >= 0.6 is 0 Å². The van der Waals surface area contributed by atoms with Gasteiger partial charge in [-0.3, -0.25) is 4.79 Å². The first-order valence-electron chi connectivity index (χ1n) is 10.1. The van der Waals surface area contributed by atoms with E-state index in [9.17, 15) is 9.59 Å². The van der Waals surface area contributed by atoms with E-state index in [0.717, 1.165) is 29.4 Å². The molecule has 1 unspecified atom stereocenters. The van der Waals surface area contributed by atoms with Crippen LogP contribution in [0.1, 0.15) is 48.1 Å². The number of aryl methyl sites for hydroxylation is 3. The van der Waals surface area contributed by atoms with Gasteiger partial charge in [-0.15, -0.1) is 0 Å². The van der Waals surface area contributed by atoms with E-state index in [1.165, 1.54) is 30.0 Å². The molecule has 1 heterocycles. The van der Waals surface area contributed by atoms with Crippen molar-refractivity contribution in [1.82, 2.24) is 5.32 Å². The maximum Gasteiger partial charge on any atom is 0.336 e. The van der Waals surface area contributed by atoms with Gasteiger partial charge in [0.15, 0.2) is 6.61 Å². The maximum absolute atomic E-state index is 12.4. The Balaban J connectivity index is 1.38. The lowest BCUT2D eigenvalue weighted by molar-refractivity contribution is -0.123. The van der Waals surface area contributed by atoms with Gasteiger partial charge in [-0.2, -0.15) is 0 Å². The predicted octanol–water partition coefficient (Wildman–Crippen LogP) is 4.24. The quantitative estimate of drug-likeness (QED) is 0.661. The van der Waals surface area contributed by atoms with Gasteiger partial charge in [-0.05, 0) is 73.9 Å². The monoisotopic (exact) mass is 391 g/mol. The molecule has 1 aliphatic rings. The lowest BCUT2D eigenvalue weighted by Gasteiger charge is -2.20. The summed E-state index contributed by atoms with van der Waals surface area (Å²) in [5.41, 5.74) is 4.85. The number of rotatable bonds is 5. The van der Waals surface area contributed by atoms with Gasteiger partial charge in [0.1, 0.15) is 11.3 Å². The lowest BCUT2D eigenvalue weighted by atomic mass is 9.89. The summed E-state index contributed by atoms with van der Waals surface area (Å²) in [6.45, 7) is 3.74. The third kappa shape index (κ3) is 4.34. The molecule has 1 atom stereocenters. The molecule has 29 heavy (non-hydrogen) atoms. The average molecular weight is 391 g/mol. The Bertz CT molecular complexity index is 1120. The van der Waals surface area contributed by atoms with E-state index in [1.54, 1.807) is 12.1 Å². The van der Waals surface area contributed by atoms with Crippen LogP contribution < -0.4 is 15.7 Å². The van der Waals surface area contributed by atoms with Crippen LogP contribution in [0.4, 0.5) is 0 Å². The number of fused-ring (bicyclic) bond motifs is 2. The Morgan fingerprint density at radius 2 is 1.90 bits per heavy atom. The highest BCUT2D eigenvalue weighted by Crippen LogP contribution is 2.25. The first-order chi connectivity index (χ1) is 14.0. The summed E-state index contributed by atoms with van der Waals surface area (Å²) < 4.78 is 10.8. The normalized spacial score (nSPS) is 14.3. The second-order valence-electron chi connectivity index (χ2n) is 7.72. The molecule has 0 fully saturated rings.